The molecule has 0 aliphatic heterocycles. The van der Waals surface area contributed by atoms with Crippen LogP contribution < -0.4 is 5.73 Å². The van der Waals surface area contributed by atoms with E-state index in [1.807, 2.05) is 26.0 Å². The van der Waals surface area contributed by atoms with Gasteiger partial charge in [-0.15, -0.1) is 0 Å². The van der Waals surface area contributed by atoms with Crippen molar-refractivity contribution in [2.75, 3.05) is 0 Å². The molecule has 0 bridgehead atoms. The molecule has 1 atom stereocenters. The van der Waals surface area contributed by atoms with Crippen molar-refractivity contribution in [1.29, 1.82) is 0 Å². The van der Waals surface area contributed by atoms with E-state index in [1.165, 1.54) is 6.07 Å². The highest BCUT2D eigenvalue weighted by Crippen LogP contribution is 2.33. The fourth-order valence-electron chi connectivity index (χ4n) is 2.11. The van der Waals surface area contributed by atoms with Crippen molar-refractivity contribution >= 4 is 0 Å². The van der Waals surface area contributed by atoms with Gasteiger partial charge in [0.15, 0.2) is 0 Å². The van der Waals surface area contributed by atoms with Gasteiger partial charge in [0.1, 0.15) is 5.82 Å². The second-order valence-corrected chi connectivity index (χ2v) is 5.06. The van der Waals surface area contributed by atoms with Gasteiger partial charge in [-0.05, 0) is 48.2 Å². The number of rotatable bonds is 2. The first kappa shape index (κ1) is 15.5. The van der Waals surface area contributed by atoms with E-state index in [4.69, 9.17) is 5.73 Å². The van der Waals surface area contributed by atoms with E-state index in [-0.39, 0.29) is 0 Å². The van der Waals surface area contributed by atoms with Crippen LogP contribution in [0.25, 0.3) is 0 Å². The molecule has 0 aromatic heterocycles. The van der Waals surface area contributed by atoms with E-state index in [2.05, 4.69) is 0 Å². The second kappa shape index (κ2) is 5.48. The monoisotopic (exact) mass is 297 g/mol. The highest BCUT2D eigenvalue weighted by molar-refractivity contribution is 5.38. The predicted octanol–water partition coefficient (Wildman–Crippen LogP) is 4.51. The number of alkyl halides is 3. The summed E-state index contributed by atoms with van der Waals surface area (Å²) in [5.41, 5.74) is 7.89. The summed E-state index contributed by atoms with van der Waals surface area (Å²) in [5, 5.41) is 0. The van der Waals surface area contributed by atoms with Crippen LogP contribution in [0.5, 0.6) is 0 Å². The van der Waals surface area contributed by atoms with Gasteiger partial charge in [0, 0.05) is 0 Å². The first-order chi connectivity index (χ1) is 9.70. The van der Waals surface area contributed by atoms with Gasteiger partial charge in [-0.25, -0.2) is 4.39 Å². The van der Waals surface area contributed by atoms with Gasteiger partial charge in [0.25, 0.3) is 0 Å². The van der Waals surface area contributed by atoms with Gasteiger partial charge in [-0.2, -0.15) is 13.2 Å². The lowest BCUT2D eigenvalue weighted by atomic mass is 9.95. The summed E-state index contributed by atoms with van der Waals surface area (Å²) in [5.74, 6) is -1.31. The maximum Gasteiger partial charge on any atom is 0.419 e. The molecule has 0 radical (unpaired) electrons. The van der Waals surface area contributed by atoms with E-state index >= 15 is 0 Å². The van der Waals surface area contributed by atoms with Crippen LogP contribution in [0.1, 0.15) is 33.9 Å². The van der Waals surface area contributed by atoms with Gasteiger partial charge in [0.05, 0.1) is 11.6 Å². The van der Waals surface area contributed by atoms with Crippen molar-refractivity contribution in [3.63, 3.8) is 0 Å². The Balaban J connectivity index is 2.38. The number of benzene rings is 2. The smallest absolute Gasteiger partial charge is 0.320 e. The topological polar surface area (TPSA) is 26.0 Å². The van der Waals surface area contributed by atoms with E-state index in [0.29, 0.717) is 5.56 Å². The molecule has 0 amide bonds. The highest BCUT2D eigenvalue weighted by atomic mass is 19.4. The molecule has 0 aliphatic rings. The standard InChI is InChI=1S/C16H15F4N/c1-9-3-4-11(7-10(9)2)15(21)12-5-6-13(14(17)8-12)16(18,19)20/h3-8,15H,21H2,1-2H3. The van der Waals surface area contributed by atoms with E-state index in [1.54, 1.807) is 6.07 Å². The summed E-state index contributed by atoms with van der Waals surface area (Å²) in [6.45, 7) is 3.86. The summed E-state index contributed by atoms with van der Waals surface area (Å²) in [6, 6.07) is 7.66. The van der Waals surface area contributed by atoms with Crippen LogP contribution in [0.2, 0.25) is 0 Å². The van der Waals surface area contributed by atoms with Gasteiger partial charge in [-0.1, -0.05) is 24.3 Å². The maximum absolute atomic E-state index is 13.6. The zero-order valence-electron chi connectivity index (χ0n) is 11.6. The molecule has 0 aliphatic carbocycles. The Morgan fingerprint density at radius 2 is 1.48 bits per heavy atom. The van der Waals surface area contributed by atoms with Crippen LogP contribution in [0.4, 0.5) is 17.6 Å². The van der Waals surface area contributed by atoms with Crippen molar-refractivity contribution in [2.45, 2.75) is 26.1 Å². The molecule has 21 heavy (non-hydrogen) atoms. The van der Waals surface area contributed by atoms with Crippen molar-refractivity contribution in [1.82, 2.24) is 0 Å². The maximum atomic E-state index is 13.6. The molecule has 0 saturated carbocycles. The number of hydrogen-bond donors (Lipinski definition) is 1. The molecule has 2 aromatic carbocycles. The molecule has 1 unspecified atom stereocenters. The first-order valence-electron chi connectivity index (χ1n) is 6.39. The lowest BCUT2D eigenvalue weighted by Gasteiger charge is -2.16. The molecule has 0 fully saturated rings. The normalized spacial score (nSPS) is 13.3. The SMILES string of the molecule is Cc1ccc(C(N)c2ccc(C(F)(F)F)c(F)c2)cc1C. The highest BCUT2D eigenvalue weighted by Gasteiger charge is 2.34. The molecule has 0 heterocycles. The second-order valence-electron chi connectivity index (χ2n) is 5.06. The third kappa shape index (κ3) is 3.24. The summed E-state index contributed by atoms with van der Waals surface area (Å²) in [7, 11) is 0. The Kier molecular flexibility index (Phi) is 4.05. The van der Waals surface area contributed by atoms with Crippen molar-refractivity contribution in [3.8, 4) is 0 Å². The first-order valence-corrected chi connectivity index (χ1v) is 6.39. The molecule has 1 nitrogen and oxygen atoms in total. The lowest BCUT2D eigenvalue weighted by molar-refractivity contribution is -0.140. The summed E-state index contributed by atoms with van der Waals surface area (Å²) in [6.07, 6.45) is -4.70. The minimum absolute atomic E-state index is 0.309. The number of halogens is 4. The minimum Gasteiger partial charge on any atom is -0.320 e. The van der Waals surface area contributed by atoms with Crippen LogP contribution in [0.15, 0.2) is 36.4 Å². The molecule has 0 spiro atoms. The number of hydrogen-bond acceptors (Lipinski definition) is 1. The Bertz CT molecular complexity index is 662. The summed E-state index contributed by atoms with van der Waals surface area (Å²) >= 11 is 0. The molecular formula is C16H15F4N. The zero-order chi connectivity index (χ0) is 15.8. The minimum atomic E-state index is -4.70. The van der Waals surface area contributed by atoms with E-state index in [0.717, 1.165) is 28.8 Å². The number of aryl methyl sites for hydroxylation is 2. The molecule has 112 valence electrons. The van der Waals surface area contributed by atoms with Crippen molar-refractivity contribution in [3.05, 3.63) is 70.0 Å². The van der Waals surface area contributed by atoms with Gasteiger partial charge in [-0.3, -0.25) is 0 Å². The Morgan fingerprint density at radius 3 is 2.00 bits per heavy atom. The van der Waals surface area contributed by atoms with Gasteiger partial charge < -0.3 is 5.73 Å². The molecule has 2 rings (SSSR count). The van der Waals surface area contributed by atoms with E-state index in [9.17, 15) is 17.6 Å². The average molecular weight is 297 g/mol. The molecule has 2 N–H and O–H groups in total. The fourth-order valence-corrected chi connectivity index (χ4v) is 2.11. The van der Waals surface area contributed by atoms with Crippen LogP contribution in [-0.4, -0.2) is 0 Å². The zero-order valence-corrected chi connectivity index (χ0v) is 11.6. The Morgan fingerprint density at radius 1 is 0.905 bits per heavy atom. The van der Waals surface area contributed by atoms with Crippen LogP contribution in [0, 0.1) is 19.7 Å². The average Bonchev–Trinajstić information content (AvgIpc) is 2.39. The van der Waals surface area contributed by atoms with Crippen LogP contribution >= 0.6 is 0 Å². The Labute approximate surface area is 120 Å². The summed E-state index contributed by atoms with van der Waals surface area (Å²) in [4.78, 5) is 0. The van der Waals surface area contributed by atoms with Gasteiger partial charge >= 0.3 is 6.18 Å². The molecule has 2 aromatic rings. The third-order valence-corrected chi connectivity index (χ3v) is 3.55. The van der Waals surface area contributed by atoms with Crippen LogP contribution in [-0.2, 0) is 6.18 Å². The van der Waals surface area contributed by atoms with Crippen molar-refractivity contribution in [2.24, 2.45) is 5.73 Å². The molecule has 5 heteroatoms. The quantitative estimate of drug-likeness (QED) is 0.811. The number of nitrogens with two attached hydrogens (primary N) is 1. The van der Waals surface area contributed by atoms with Gasteiger partial charge in [0.2, 0.25) is 0 Å². The van der Waals surface area contributed by atoms with E-state index < -0.39 is 23.6 Å². The molecule has 0 saturated heterocycles. The van der Waals surface area contributed by atoms with Crippen LogP contribution in [0.3, 0.4) is 0 Å². The third-order valence-electron chi connectivity index (χ3n) is 3.55. The molecular weight excluding hydrogens is 282 g/mol. The Hall–Kier alpha value is -1.88. The largest absolute Gasteiger partial charge is 0.419 e. The van der Waals surface area contributed by atoms with Crippen molar-refractivity contribution < 1.29 is 17.6 Å². The lowest BCUT2D eigenvalue weighted by Crippen LogP contribution is -2.14. The predicted molar refractivity (Wildman–Crippen MR) is 73.3 cm³/mol. The summed E-state index contributed by atoms with van der Waals surface area (Å²) < 4.78 is 51.2. The fraction of sp³-hybridized carbons (Fsp3) is 0.250.